The second-order valence-electron chi connectivity index (χ2n) is 4.88. The van der Waals surface area contributed by atoms with Crippen molar-refractivity contribution >= 4 is 5.82 Å². The van der Waals surface area contributed by atoms with E-state index in [2.05, 4.69) is 43.0 Å². The summed E-state index contributed by atoms with van der Waals surface area (Å²) in [5.41, 5.74) is 0. The molecule has 18 heavy (non-hydrogen) atoms. The van der Waals surface area contributed by atoms with Crippen LogP contribution in [0.25, 0.3) is 0 Å². The zero-order chi connectivity index (χ0) is 13.4. The Morgan fingerprint density at radius 2 is 2.00 bits per heavy atom. The molecule has 0 fully saturated rings. The minimum Gasteiger partial charge on any atom is -0.478 e. The average Bonchev–Trinajstić information content (AvgIpc) is 2.34. The minimum absolute atomic E-state index is 0.592. The lowest BCUT2D eigenvalue weighted by molar-refractivity contribution is 0.303. The Morgan fingerprint density at radius 1 is 1.22 bits per heavy atom. The number of aromatic nitrogens is 2. The summed E-state index contributed by atoms with van der Waals surface area (Å²) < 4.78 is 5.60. The lowest BCUT2D eigenvalue weighted by atomic mass is 10.2. The van der Waals surface area contributed by atoms with Crippen LogP contribution in [0.3, 0.4) is 0 Å². The molecule has 1 N–H and O–H groups in total. The Bertz CT molecular complexity index is 353. The number of hydrogen-bond acceptors (Lipinski definition) is 4. The number of nitrogens with zero attached hydrogens (tertiary/aromatic N) is 2. The predicted molar refractivity (Wildman–Crippen MR) is 75.1 cm³/mol. The van der Waals surface area contributed by atoms with Crippen molar-refractivity contribution in [2.45, 2.75) is 47.0 Å². The molecular formula is C14H25N3O. The van der Waals surface area contributed by atoms with E-state index < -0.39 is 0 Å². The van der Waals surface area contributed by atoms with Crippen molar-refractivity contribution in [3.63, 3.8) is 0 Å². The summed E-state index contributed by atoms with van der Waals surface area (Å²) >= 11 is 0. The Kier molecular flexibility index (Phi) is 6.47. The summed E-state index contributed by atoms with van der Waals surface area (Å²) in [7, 11) is 0. The van der Waals surface area contributed by atoms with Crippen molar-refractivity contribution in [2.75, 3.05) is 18.5 Å². The van der Waals surface area contributed by atoms with Crippen LogP contribution in [0, 0.1) is 5.92 Å². The van der Waals surface area contributed by atoms with E-state index in [1.165, 1.54) is 0 Å². The van der Waals surface area contributed by atoms with E-state index in [0.717, 1.165) is 37.4 Å². The van der Waals surface area contributed by atoms with Crippen LogP contribution in [0.15, 0.2) is 6.07 Å². The van der Waals surface area contributed by atoms with E-state index in [9.17, 15) is 0 Å². The van der Waals surface area contributed by atoms with Gasteiger partial charge in [-0.2, -0.15) is 4.98 Å². The first-order valence-corrected chi connectivity index (χ1v) is 6.90. The summed E-state index contributed by atoms with van der Waals surface area (Å²) in [5, 5.41) is 3.33. The summed E-state index contributed by atoms with van der Waals surface area (Å²) in [5.74, 6) is 3.00. The van der Waals surface area contributed by atoms with Crippen LogP contribution < -0.4 is 10.1 Å². The van der Waals surface area contributed by atoms with Crippen LogP contribution in [0.4, 0.5) is 5.82 Å². The molecule has 0 radical (unpaired) electrons. The highest BCUT2D eigenvalue weighted by Crippen LogP contribution is 2.15. The van der Waals surface area contributed by atoms with Gasteiger partial charge in [0.15, 0.2) is 0 Å². The number of ether oxygens (including phenoxy) is 1. The molecule has 0 amide bonds. The fourth-order valence-electron chi connectivity index (χ4n) is 1.49. The maximum Gasteiger partial charge on any atom is 0.218 e. The molecule has 1 heterocycles. The molecule has 0 atom stereocenters. The summed E-state index contributed by atoms with van der Waals surface area (Å²) in [6, 6.07) is 1.89. The summed E-state index contributed by atoms with van der Waals surface area (Å²) in [4.78, 5) is 8.92. The van der Waals surface area contributed by atoms with Gasteiger partial charge in [0.1, 0.15) is 11.6 Å². The molecule has 0 spiro atoms. The molecule has 0 aliphatic carbocycles. The fraction of sp³-hybridized carbons (Fsp3) is 0.714. The highest BCUT2D eigenvalue weighted by molar-refractivity contribution is 5.38. The maximum absolute atomic E-state index is 5.60. The summed E-state index contributed by atoms with van der Waals surface area (Å²) in [6.45, 7) is 10.2. The molecule has 1 aromatic rings. The van der Waals surface area contributed by atoms with Gasteiger partial charge in [-0.25, -0.2) is 4.98 Å². The van der Waals surface area contributed by atoms with Gasteiger partial charge < -0.3 is 10.1 Å². The van der Waals surface area contributed by atoms with Gasteiger partial charge in [-0.1, -0.05) is 27.7 Å². The topological polar surface area (TPSA) is 47.0 Å². The van der Waals surface area contributed by atoms with Crippen LogP contribution in [-0.2, 0) is 6.42 Å². The first-order chi connectivity index (χ1) is 8.65. The normalized spacial score (nSPS) is 10.7. The van der Waals surface area contributed by atoms with Gasteiger partial charge in [0.2, 0.25) is 5.88 Å². The number of rotatable bonds is 8. The van der Waals surface area contributed by atoms with Crippen molar-refractivity contribution in [3.05, 3.63) is 11.9 Å². The lowest BCUT2D eigenvalue weighted by Gasteiger charge is -2.11. The zero-order valence-corrected chi connectivity index (χ0v) is 12.0. The van der Waals surface area contributed by atoms with Crippen LogP contribution in [0.5, 0.6) is 5.88 Å². The van der Waals surface area contributed by atoms with Gasteiger partial charge in [-0.15, -0.1) is 0 Å². The van der Waals surface area contributed by atoms with Crippen LogP contribution in [-0.4, -0.2) is 23.1 Å². The van der Waals surface area contributed by atoms with Crippen LogP contribution >= 0.6 is 0 Å². The third kappa shape index (κ3) is 5.34. The van der Waals surface area contributed by atoms with Gasteiger partial charge >= 0.3 is 0 Å². The molecule has 0 aliphatic rings. The number of hydrogen-bond donors (Lipinski definition) is 1. The van der Waals surface area contributed by atoms with Crippen molar-refractivity contribution in [2.24, 2.45) is 5.92 Å². The molecule has 1 aromatic heterocycles. The molecule has 0 saturated heterocycles. The summed E-state index contributed by atoms with van der Waals surface area (Å²) in [6.07, 6.45) is 2.92. The van der Waals surface area contributed by atoms with Crippen LogP contribution in [0.2, 0.25) is 0 Å². The van der Waals surface area contributed by atoms with Crippen molar-refractivity contribution < 1.29 is 4.74 Å². The molecular weight excluding hydrogens is 226 g/mol. The highest BCUT2D eigenvalue weighted by Gasteiger charge is 2.05. The minimum atomic E-state index is 0.592. The number of anilines is 1. The molecule has 1 rings (SSSR count). The largest absolute Gasteiger partial charge is 0.478 e. The Morgan fingerprint density at radius 3 is 2.61 bits per heavy atom. The highest BCUT2D eigenvalue weighted by atomic mass is 16.5. The second-order valence-corrected chi connectivity index (χ2v) is 4.88. The van der Waals surface area contributed by atoms with Crippen molar-refractivity contribution in [3.8, 4) is 5.88 Å². The molecule has 0 saturated carbocycles. The van der Waals surface area contributed by atoms with Crippen LogP contribution in [0.1, 0.15) is 46.4 Å². The molecule has 0 unspecified atom stereocenters. The predicted octanol–water partition coefficient (Wildman–Crippen LogP) is 3.29. The first-order valence-electron chi connectivity index (χ1n) is 6.90. The molecule has 4 nitrogen and oxygen atoms in total. The third-order valence-electron chi connectivity index (χ3n) is 2.37. The Balaban J connectivity index is 2.76. The fourth-order valence-corrected chi connectivity index (χ4v) is 1.49. The molecule has 0 aliphatic heterocycles. The van der Waals surface area contributed by atoms with E-state index in [1.54, 1.807) is 0 Å². The van der Waals surface area contributed by atoms with E-state index in [4.69, 9.17) is 4.74 Å². The SMILES string of the molecule is CCCOc1cc(NCC(C)C)nc(CCC)n1. The van der Waals surface area contributed by atoms with E-state index in [1.807, 2.05) is 6.07 Å². The molecule has 0 aromatic carbocycles. The van der Waals surface area contributed by atoms with E-state index >= 15 is 0 Å². The quantitative estimate of drug-likeness (QED) is 0.770. The smallest absolute Gasteiger partial charge is 0.218 e. The Hall–Kier alpha value is -1.32. The monoisotopic (exact) mass is 251 g/mol. The van der Waals surface area contributed by atoms with E-state index in [-0.39, 0.29) is 0 Å². The molecule has 102 valence electrons. The Labute approximate surface area is 110 Å². The van der Waals surface area contributed by atoms with Crippen molar-refractivity contribution in [1.29, 1.82) is 0 Å². The lowest BCUT2D eigenvalue weighted by Crippen LogP contribution is -2.11. The van der Waals surface area contributed by atoms with Gasteiger partial charge in [0.25, 0.3) is 0 Å². The standard InChI is InChI=1S/C14H25N3O/c1-5-7-12-16-13(15-10-11(3)4)9-14(17-12)18-8-6-2/h9,11H,5-8,10H2,1-4H3,(H,15,16,17). The third-order valence-corrected chi connectivity index (χ3v) is 2.37. The zero-order valence-electron chi connectivity index (χ0n) is 12.0. The molecule has 0 bridgehead atoms. The maximum atomic E-state index is 5.60. The average molecular weight is 251 g/mol. The second kappa shape index (κ2) is 7.90. The first kappa shape index (κ1) is 14.7. The van der Waals surface area contributed by atoms with Gasteiger partial charge in [-0.3, -0.25) is 0 Å². The van der Waals surface area contributed by atoms with Gasteiger partial charge in [0, 0.05) is 19.0 Å². The van der Waals surface area contributed by atoms with Gasteiger partial charge in [-0.05, 0) is 18.8 Å². The van der Waals surface area contributed by atoms with E-state index in [0.29, 0.717) is 18.4 Å². The number of nitrogens with one attached hydrogen (secondary N) is 1. The molecule has 4 heteroatoms. The number of aryl methyl sites for hydroxylation is 1. The van der Waals surface area contributed by atoms with Gasteiger partial charge in [0.05, 0.1) is 6.61 Å². The van der Waals surface area contributed by atoms with Crippen molar-refractivity contribution in [1.82, 2.24) is 9.97 Å².